The molecule has 0 spiro atoms. The second-order valence-corrected chi connectivity index (χ2v) is 6.83. The summed E-state index contributed by atoms with van der Waals surface area (Å²) in [7, 11) is 0. The van der Waals surface area contributed by atoms with Gasteiger partial charge in [-0.25, -0.2) is 0 Å². The highest BCUT2D eigenvalue weighted by Gasteiger charge is 2.32. The van der Waals surface area contributed by atoms with E-state index in [1.54, 1.807) is 0 Å². The fraction of sp³-hybridized carbons (Fsp3) is 0.278. The van der Waals surface area contributed by atoms with E-state index in [0.717, 1.165) is 15.6 Å². The normalized spacial score (nSPS) is 13.0. The molecule has 2 rings (SSSR count). The molecule has 0 amide bonds. The Morgan fingerprint density at radius 2 is 1.50 bits per heavy atom. The van der Waals surface area contributed by atoms with E-state index in [4.69, 9.17) is 0 Å². The van der Waals surface area contributed by atoms with Gasteiger partial charge in [0.05, 0.1) is 5.92 Å². The highest BCUT2D eigenvalue weighted by molar-refractivity contribution is 9.10. The summed E-state index contributed by atoms with van der Waals surface area (Å²) in [6.07, 6.45) is 0. The third-order valence-corrected chi connectivity index (χ3v) is 4.07. The van der Waals surface area contributed by atoms with E-state index in [1.807, 2.05) is 75.4 Å². The molecule has 2 aromatic rings. The van der Waals surface area contributed by atoms with Crippen LogP contribution in [0, 0.1) is 5.41 Å². The Labute approximate surface area is 129 Å². The summed E-state index contributed by atoms with van der Waals surface area (Å²) in [6, 6.07) is 17.9. The lowest BCUT2D eigenvalue weighted by Gasteiger charge is -2.26. The summed E-state index contributed by atoms with van der Waals surface area (Å²) in [5.41, 5.74) is 1.69. The molecular formula is C18H19BrO. The molecule has 0 aliphatic carbocycles. The first kappa shape index (κ1) is 15.0. The van der Waals surface area contributed by atoms with Gasteiger partial charge in [0, 0.05) is 9.89 Å². The predicted molar refractivity (Wildman–Crippen MR) is 86.9 cm³/mol. The Morgan fingerprint density at radius 3 is 2.05 bits per heavy atom. The predicted octanol–water partition coefficient (Wildman–Crippen LogP) is 5.20. The van der Waals surface area contributed by atoms with Gasteiger partial charge in [-0.1, -0.05) is 85.2 Å². The molecule has 104 valence electrons. The van der Waals surface area contributed by atoms with E-state index in [1.165, 1.54) is 0 Å². The Bertz CT molecular complexity index is 596. The first-order valence-corrected chi connectivity index (χ1v) is 7.54. The van der Waals surface area contributed by atoms with E-state index in [9.17, 15) is 4.79 Å². The summed E-state index contributed by atoms with van der Waals surface area (Å²) >= 11 is 3.58. The number of benzene rings is 2. The monoisotopic (exact) mass is 330 g/mol. The molecule has 0 radical (unpaired) electrons. The molecular weight excluding hydrogens is 312 g/mol. The molecule has 0 bridgehead atoms. The molecule has 0 saturated heterocycles. The van der Waals surface area contributed by atoms with E-state index in [2.05, 4.69) is 15.9 Å². The fourth-order valence-corrected chi connectivity index (χ4v) is 2.77. The highest BCUT2D eigenvalue weighted by Crippen LogP contribution is 2.36. The standard InChI is InChI=1S/C18H19BrO/c1-18(2,3)17(20)16(13-9-5-4-6-10-13)14-11-7-8-12-15(14)19/h4-12,16H,1-3H3. The average molecular weight is 331 g/mol. The van der Waals surface area contributed by atoms with Gasteiger partial charge in [0.15, 0.2) is 0 Å². The molecule has 0 aromatic heterocycles. The van der Waals surface area contributed by atoms with Crippen molar-refractivity contribution in [2.45, 2.75) is 26.7 Å². The van der Waals surface area contributed by atoms with Crippen LogP contribution in [0.3, 0.4) is 0 Å². The first-order valence-electron chi connectivity index (χ1n) is 6.75. The zero-order valence-electron chi connectivity index (χ0n) is 12.1. The smallest absolute Gasteiger partial charge is 0.150 e. The summed E-state index contributed by atoms with van der Waals surface area (Å²) in [5, 5.41) is 0. The minimum atomic E-state index is -0.379. The van der Waals surface area contributed by atoms with Crippen LogP contribution in [0.15, 0.2) is 59.1 Å². The van der Waals surface area contributed by atoms with Crippen LogP contribution in [0.2, 0.25) is 0 Å². The van der Waals surface area contributed by atoms with E-state index in [0.29, 0.717) is 0 Å². The summed E-state index contributed by atoms with van der Waals surface area (Å²) in [5.74, 6) is 0.00220. The fourth-order valence-electron chi connectivity index (χ4n) is 2.26. The van der Waals surface area contributed by atoms with E-state index in [-0.39, 0.29) is 17.1 Å². The van der Waals surface area contributed by atoms with Crippen molar-refractivity contribution >= 4 is 21.7 Å². The number of Topliss-reactive ketones (excluding diaryl/α,β-unsaturated/α-hetero) is 1. The van der Waals surface area contributed by atoms with Crippen LogP contribution in [0.5, 0.6) is 0 Å². The molecule has 20 heavy (non-hydrogen) atoms. The van der Waals surface area contributed by atoms with E-state index >= 15 is 0 Å². The number of ketones is 1. The SMILES string of the molecule is CC(C)(C)C(=O)C(c1ccccc1)c1ccccc1Br. The van der Waals surface area contributed by atoms with Crippen LogP contribution in [-0.2, 0) is 4.79 Å². The molecule has 1 nitrogen and oxygen atoms in total. The Balaban J connectivity index is 2.57. The molecule has 0 fully saturated rings. The van der Waals surface area contributed by atoms with Crippen molar-refractivity contribution < 1.29 is 4.79 Å². The van der Waals surface area contributed by atoms with Crippen molar-refractivity contribution in [1.29, 1.82) is 0 Å². The number of carbonyl (C=O) groups excluding carboxylic acids is 1. The van der Waals surface area contributed by atoms with Crippen molar-refractivity contribution in [2.75, 3.05) is 0 Å². The average Bonchev–Trinajstić information content (AvgIpc) is 2.41. The minimum absolute atomic E-state index is 0.230. The van der Waals surface area contributed by atoms with Gasteiger partial charge in [-0.2, -0.15) is 0 Å². The highest BCUT2D eigenvalue weighted by atomic mass is 79.9. The van der Waals surface area contributed by atoms with Gasteiger partial charge in [0.1, 0.15) is 5.78 Å². The van der Waals surface area contributed by atoms with Crippen molar-refractivity contribution in [3.05, 3.63) is 70.2 Å². The summed E-state index contributed by atoms with van der Waals surface area (Å²) < 4.78 is 0.978. The third-order valence-electron chi connectivity index (χ3n) is 3.35. The zero-order chi connectivity index (χ0) is 14.8. The number of hydrogen-bond donors (Lipinski definition) is 0. The number of hydrogen-bond acceptors (Lipinski definition) is 1. The largest absolute Gasteiger partial charge is 0.298 e. The van der Waals surface area contributed by atoms with Crippen LogP contribution in [-0.4, -0.2) is 5.78 Å². The molecule has 1 unspecified atom stereocenters. The third kappa shape index (κ3) is 3.18. The lowest BCUT2D eigenvalue weighted by atomic mass is 9.77. The summed E-state index contributed by atoms with van der Waals surface area (Å²) in [4.78, 5) is 12.9. The molecule has 1 atom stereocenters. The Kier molecular flexibility index (Phi) is 4.44. The first-order chi connectivity index (χ1) is 9.41. The van der Waals surface area contributed by atoms with E-state index < -0.39 is 0 Å². The molecule has 0 saturated carbocycles. The molecule has 0 heterocycles. The van der Waals surface area contributed by atoms with Crippen LogP contribution < -0.4 is 0 Å². The second-order valence-electron chi connectivity index (χ2n) is 5.98. The lowest BCUT2D eigenvalue weighted by molar-refractivity contribution is -0.126. The van der Waals surface area contributed by atoms with Crippen molar-refractivity contribution in [3.63, 3.8) is 0 Å². The van der Waals surface area contributed by atoms with Gasteiger partial charge < -0.3 is 0 Å². The Hall–Kier alpha value is -1.41. The van der Waals surface area contributed by atoms with Gasteiger partial charge in [0.2, 0.25) is 0 Å². The second kappa shape index (κ2) is 5.92. The number of carbonyl (C=O) groups is 1. The van der Waals surface area contributed by atoms with Gasteiger partial charge >= 0.3 is 0 Å². The summed E-state index contributed by atoms with van der Waals surface area (Å²) in [6.45, 7) is 5.92. The topological polar surface area (TPSA) is 17.1 Å². The van der Waals surface area contributed by atoms with Gasteiger partial charge in [-0.3, -0.25) is 4.79 Å². The van der Waals surface area contributed by atoms with Crippen LogP contribution in [0.1, 0.15) is 37.8 Å². The van der Waals surface area contributed by atoms with Gasteiger partial charge in [-0.15, -0.1) is 0 Å². The maximum atomic E-state index is 12.9. The van der Waals surface area contributed by atoms with Crippen LogP contribution in [0.4, 0.5) is 0 Å². The van der Waals surface area contributed by atoms with Gasteiger partial charge in [-0.05, 0) is 17.2 Å². The Morgan fingerprint density at radius 1 is 0.950 bits per heavy atom. The van der Waals surface area contributed by atoms with Crippen molar-refractivity contribution in [1.82, 2.24) is 0 Å². The molecule has 0 N–H and O–H groups in total. The molecule has 0 aliphatic heterocycles. The zero-order valence-corrected chi connectivity index (χ0v) is 13.6. The quantitative estimate of drug-likeness (QED) is 0.756. The number of halogens is 1. The molecule has 2 heteroatoms. The maximum Gasteiger partial charge on any atom is 0.150 e. The maximum absolute atomic E-state index is 12.9. The molecule has 0 aliphatic rings. The van der Waals surface area contributed by atoms with Crippen molar-refractivity contribution in [3.8, 4) is 0 Å². The number of rotatable bonds is 3. The van der Waals surface area contributed by atoms with Crippen LogP contribution >= 0.6 is 15.9 Å². The van der Waals surface area contributed by atoms with Crippen molar-refractivity contribution in [2.24, 2.45) is 5.41 Å². The lowest BCUT2D eigenvalue weighted by Crippen LogP contribution is -2.28. The molecule has 2 aromatic carbocycles. The van der Waals surface area contributed by atoms with Crippen LogP contribution in [0.25, 0.3) is 0 Å². The van der Waals surface area contributed by atoms with Gasteiger partial charge in [0.25, 0.3) is 0 Å². The minimum Gasteiger partial charge on any atom is -0.298 e.